The summed E-state index contributed by atoms with van der Waals surface area (Å²) in [6, 6.07) is 7.67. The Morgan fingerprint density at radius 1 is 1.12 bits per heavy atom. The summed E-state index contributed by atoms with van der Waals surface area (Å²) in [6.45, 7) is 5.82. The molecule has 0 spiro atoms. The first-order valence-electron chi connectivity index (χ1n) is 15.5. The highest BCUT2D eigenvalue weighted by Crippen LogP contribution is 2.47. The number of aliphatic hydroxyl groups excluding tert-OH is 1. The van der Waals surface area contributed by atoms with E-state index in [0.717, 1.165) is 49.8 Å². The lowest BCUT2D eigenvalue weighted by atomic mass is 9.61. The van der Waals surface area contributed by atoms with Crippen LogP contribution in [-0.4, -0.2) is 60.6 Å². The molecule has 0 bridgehead atoms. The van der Waals surface area contributed by atoms with Gasteiger partial charge in [-0.25, -0.2) is 0 Å². The highest BCUT2D eigenvalue weighted by molar-refractivity contribution is 6.03. The Bertz CT molecular complexity index is 1140. The van der Waals surface area contributed by atoms with Crippen molar-refractivity contribution >= 4 is 17.7 Å². The first-order chi connectivity index (χ1) is 20.1. The van der Waals surface area contributed by atoms with Crippen molar-refractivity contribution in [2.45, 2.75) is 84.3 Å². The lowest BCUT2D eigenvalue weighted by Crippen LogP contribution is -2.52. The quantitative estimate of drug-likeness (QED) is 0.234. The van der Waals surface area contributed by atoms with Crippen LogP contribution in [0.3, 0.4) is 0 Å². The number of primary amides is 2. The standard InChI is InChI=1S/C33H50N4O5/c1-4-14-37(15-5-2)31(40)26-18-25(30(34)39)19-33(20-26,32(35)41)28(17-23-10-7-6-8-11-23)29(38)22-36-21-24-12-9-13-27(16-24)42-3/h9,12-13,16,18-19,23,28-29,36,38H,4-8,10-11,14-15,17,20-22H2,1-3H3,(H2,34,39)(H2,35,41)/t28-,29+,33?/m1/s1. The predicted octanol–water partition coefficient (Wildman–Crippen LogP) is 3.59. The van der Waals surface area contributed by atoms with Crippen LogP contribution < -0.4 is 21.5 Å². The highest BCUT2D eigenvalue weighted by atomic mass is 16.5. The van der Waals surface area contributed by atoms with Crippen molar-refractivity contribution < 1.29 is 24.2 Å². The summed E-state index contributed by atoms with van der Waals surface area (Å²) in [6.07, 6.45) is 9.59. The van der Waals surface area contributed by atoms with E-state index in [-0.39, 0.29) is 24.4 Å². The van der Waals surface area contributed by atoms with E-state index in [2.05, 4.69) is 5.32 Å². The van der Waals surface area contributed by atoms with E-state index in [9.17, 15) is 19.5 Å². The number of amides is 3. The largest absolute Gasteiger partial charge is 0.497 e. The van der Waals surface area contributed by atoms with Gasteiger partial charge in [-0.3, -0.25) is 14.4 Å². The zero-order chi connectivity index (χ0) is 30.7. The second kappa shape index (κ2) is 15.9. The molecule has 9 nitrogen and oxygen atoms in total. The van der Waals surface area contributed by atoms with Gasteiger partial charge >= 0.3 is 0 Å². The summed E-state index contributed by atoms with van der Waals surface area (Å²) in [4.78, 5) is 41.6. The van der Waals surface area contributed by atoms with Crippen LogP contribution in [0.5, 0.6) is 5.75 Å². The fourth-order valence-corrected chi connectivity index (χ4v) is 6.62. The number of nitrogens with zero attached hydrogens (tertiary/aromatic N) is 1. The second-order valence-corrected chi connectivity index (χ2v) is 11.9. The summed E-state index contributed by atoms with van der Waals surface area (Å²) in [5.41, 5.74) is 11.9. The number of ether oxygens (including phenoxy) is 1. The molecule has 0 radical (unpaired) electrons. The van der Waals surface area contributed by atoms with E-state index >= 15 is 0 Å². The Labute approximate surface area is 250 Å². The number of nitrogens with one attached hydrogen (secondary N) is 1. The van der Waals surface area contributed by atoms with Crippen LogP contribution in [0.1, 0.15) is 77.2 Å². The monoisotopic (exact) mass is 582 g/mol. The number of methoxy groups -OCH3 is 1. The smallest absolute Gasteiger partial charge is 0.249 e. The van der Waals surface area contributed by atoms with Gasteiger partial charge in [0, 0.05) is 43.2 Å². The van der Waals surface area contributed by atoms with E-state index < -0.39 is 29.3 Å². The maximum Gasteiger partial charge on any atom is 0.249 e. The molecule has 3 rings (SSSR count). The van der Waals surface area contributed by atoms with E-state index in [1.54, 1.807) is 12.0 Å². The average Bonchev–Trinajstić information content (AvgIpc) is 2.99. The molecule has 0 aliphatic heterocycles. The first kappa shape index (κ1) is 33.3. The molecule has 6 N–H and O–H groups in total. The Balaban J connectivity index is 1.97. The van der Waals surface area contributed by atoms with Crippen LogP contribution in [0.15, 0.2) is 47.6 Å². The van der Waals surface area contributed by atoms with Gasteiger partial charge in [0.1, 0.15) is 5.75 Å². The summed E-state index contributed by atoms with van der Waals surface area (Å²) < 4.78 is 5.32. The topological polar surface area (TPSA) is 148 Å². The molecule has 42 heavy (non-hydrogen) atoms. The molecular weight excluding hydrogens is 532 g/mol. The third-order valence-corrected chi connectivity index (χ3v) is 8.77. The Morgan fingerprint density at radius 3 is 2.40 bits per heavy atom. The van der Waals surface area contributed by atoms with Crippen LogP contribution in [0.2, 0.25) is 0 Å². The third-order valence-electron chi connectivity index (χ3n) is 8.77. The number of hydrogen-bond donors (Lipinski definition) is 4. The normalized spacial score (nSPS) is 20.7. The van der Waals surface area contributed by atoms with Crippen molar-refractivity contribution in [3.05, 3.63) is 53.1 Å². The fraction of sp³-hybridized carbons (Fsp3) is 0.606. The Hall–Kier alpha value is -3.17. The summed E-state index contributed by atoms with van der Waals surface area (Å²) in [5, 5.41) is 15.1. The Kier molecular flexibility index (Phi) is 12.6. The SMILES string of the molecule is CCCN(CCC)C(=O)C1=CC(C(N)=O)=CC(C(N)=O)([C@H](CC2CCCCC2)[C@@H](O)CNCc2cccc(OC)c2)C1. The van der Waals surface area contributed by atoms with Crippen LogP contribution >= 0.6 is 0 Å². The predicted molar refractivity (Wildman–Crippen MR) is 164 cm³/mol. The van der Waals surface area contributed by atoms with Crippen LogP contribution in [-0.2, 0) is 20.9 Å². The number of aliphatic hydroxyl groups is 1. The van der Waals surface area contributed by atoms with Gasteiger partial charge in [0.25, 0.3) is 0 Å². The van der Waals surface area contributed by atoms with Gasteiger partial charge in [-0.15, -0.1) is 0 Å². The first-order valence-corrected chi connectivity index (χ1v) is 15.5. The summed E-state index contributed by atoms with van der Waals surface area (Å²) in [5.74, 6) is -1.19. The molecule has 1 saturated carbocycles. The second-order valence-electron chi connectivity index (χ2n) is 11.9. The van der Waals surface area contributed by atoms with Crippen LogP contribution in [0, 0.1) is 17.3 Å². The van der Waals surface area contributed by atoms with E-state index in [0.29, 0.717) is 37.5 Å². The number of carbonyl (C=O) groups is 3. The van der Waals surface area contributed by atoms with Gasteiger partial charge in [0.05, 0.1) is 18.6 Å². The average molecular weight is 583 g/mol. The molecule has 2 aliphatic rings. The number of rotatable bonds is 16. The van der Waals surface area contributed by atoms with Crippen molar-refractivity contribution in [2.24, 2.45) is 28.7 Å². The summed E-state index contributed by atoms with van der Waals surface area (Å²) in [7, 11) is 1.62. The lowest BCUT2D eigenvalue weighted by molar-refractivity contribution is -0.132. The molecular formula is C33H50N4O5. The molecule has 0 heterocycles. The number of benzene rings is 1. The molecule has 9 heteroatoms. The molecule has 232 valence electrons. The number of hydrogen-bond acceptors (Lipinski definition) is 6. The highest BCUT2D eigenvalue weighted by Gasteiger charge is 2.49. The van der Waals surface area contributed by atoms with E-state index in [1.807, 2.05) is 38.1 Å². The molecule has 1 aromatic carbocycles. The third kappa shape index (κ3) is 8.44. The zero-order valence-corrected chi connectivity index (χ0v) is 25.6. The number of carbonyl (C=O) groups excluding carboxylic acids is 3. The minimum Gasteiger partial charge on any atom is -0.497 e. The van der Waals surface area contributed by atoms with Crippen molar-refractivity contribution in [3.63, 3.8) is 0 Å². The molecule has 0 saturated heterocycles. The minimum atomic E-state index is -1.44. The van der Waals surface area contributed by atoms with Crippen molar-refractivity contribution in [1.29, 1.82) is 0 Å². The lowest BCUT2D eigenvalue weighted by Gasteiger charge is -2.43. The van der Waals surface area contributed by atoms with Crippen molar-refractivity contribution in [2.75, 3.05) is 26.7 Å². The molecule has 1 fully saturated rings. The zero-order valence-electron chi connectivity index (χ0n) is 25.6. The molecule has 3 atom stereocenters. The molecule has 3 amide bonds. The van der Waals surface area contributed by atoms with Gasteiger partial charge < -0.3 is 31.5 Å². The maximum atomic E-state index is 13.8. The fourth-order valence-electron chi connectivity index (χ4n) is 6.62. The molecule has 0 aromatic heterocycles. The minimum absolute atomic E-state index is 0.0200. The van der Waals surface area contributed by atoms with Gasteiger partial charge in [0.2, 0.25) is 17.7 Å². The maximum absolute atomic E-state index is 13.8. The summed E-state index contributed by atoms with van der Waals surface area (Å²) >= 11 is 0. The van der Waals surface area contributed by atoms with Gasteiger partial charge in [0.15, 0.2) is 0 Å². The van der Waals surface area contributed by atoms with E-state index in [4.69, 9.17) is 16.2 Å². The number of nitrogens with two attached hydrogens (primary N) is 2. The van der Waals surface area contributed by atoms with Crippen LogP contribution in [0.4, 0.5) is 0 Å². The van der Waals surface area contributed by atoms with Gasteiger partial charge in [-0.05, 0) is 55.4 Å². The van der Waals surface area contributed by atoms with Gasteiger partial charge in [-0.2, -0.15) is 0 Å². The Morgan fingerprint density at radius 2 is 1.81 bits per heavy atom. The van der Waals surface area contributed by atoms with Crippen molar-refractivity contribution in [3.8, 4) is 5.75 Å². The van der Waals surface area contributed by atoms with Crippen LogP contribution in [0.25, 0.3) is 0 Å². The van der Waals surface area contributed by atoms with E-state index in [1.165, 1.54) is 18.6 Å². The molecule has 1 unspecified atom stereocenters. The molecule has 1 aromatic rings. The van der Waals surface area contributed by atoms with Crippen molar-refractivity contribution in [1.82, 2.24) is 10.2 Å². The van der Waals surface area contributed by atoms with Gasteiger partial charge in [-0.1, -0.05) is 64.2 Å². The molecule has 2 aliphatic carbocycles.